The summed E-state index contributed by atoms with van der Waals surface area (Å²) in [4.78, 5) is 9.10. The molecule has 26 heavy (non-hydrogen) atoms. The number of hydrogen-bond acceptors (Lipinski definition) is 7. The van der Waals surface area contributed by atoms with Gasteiger partial charge in [-0.1, -0.05) is 12.1 Å². The van der Waals surface area contributed by atoms with Crippen LogP contribution in [0.25, 0.3) is 11.5 Å². The fourth-order valence-electron chi connectivity index (χ4n) is 3.16. The monoisotopic (exact) mass is 351 g/mol. The van der Waals surface area contributed by atoms with E-state index < -0.39 is 0 Å². The number of aromatic nitrogens is 3. The van der Waals surface area contributed by atoms with E-state index in [2.05, 4.69) is 31.0 Å². The molecule has 0 saturated carbocycles. The highest BCUT2D eigenvalue weighted by Gasteiger charge is 2.22. The second-order valence-corrected chi connectivity index (χ2v) is 6.20. The quantitative estimate of drug-likeness (QED) is 0.716. The first-order valence-corrected chi connectivity index (χ1v) is 8.64. The second kappa shape index (κ2) is 7.03. The number of hydrogen-bond donors (Lipinski definition) is 0. The number of methoxy groups -OCH3 is 1. The summed E-state index contributed by atoms with van der Waals surface area (Å²) in [6.07, 6.45) is 1.63. The molecular formula is C19H21N5O2. The van der Waals surface area contributed by atoms with E-state index in [0.29, 0.717) is 17.4 Å². The molecule has 1 aliphatic heterocycles. The molecule has 0 unspecified atom stereocenters. The highest BCUT2D eigenvalue weighted by molar-refractivity contribution is 5.59. The van der Waals surface area contributed by atoms with Gasteiger partial charge in [0.25, 0.3) is 0 Å². The van der Waals surface area contributed by atoms with Crippen LogP contribution in [0, 0.1) is 6.92 Å². The number of piperazine rings is 1. The Morgan fingerprint density at radius 3 is 2.50 bits per heavy atom. The normalized spacial score (nSPS) is 14.5. The SMILES string of the molecule is COc1ccccc1N1CCN(c2nncc(-c3ccc(C)o3)n2)CC1. The molecule has 0 aliphatic carbocycles. The number of anilines is 2. The van der Waals surface area contributed by atoms with Gasteiger partial charge in [-0.2, -0.15) is 5.10 Å². The maximum absolute atomic E-state index is 5.64. The van der Waals surface area contributed by atoms with Crippen LogP contribution in [0.4, 0.5) is 11.6 Å². The minimum atomic E-state index is 0.635. The third kappa shape index (κ3) is 3.20. The van der Waals surface area contributed by atoms with Gasteiger partial charge in [-0.25, -0.2) is 4.98 Å². The minimum absolute atomic E-state index is 0.635. The van der Waals surface area contributed by atoms with E-state index in [-0.39, 0.29) is 0 Å². The summed E-state index contributed by atoms with van der Waals surface area (Å²) < 4.78 is 11.1. The molecule has 1 aliphatic rings. The summed E-state index contributed by atoms with van der Waals surface area (Å²) in [5, 5.41) is 8.31. The van der Waals surface area contributed by atoms with Crippen molar-refractivity contribution >= 4 is 11.6 Å². The number of rotatable bonds is 4. The van der Waals surface area contributed by atoms with Gasteiger partial charge in [-0.15, -0.1) is 5.10 Å². The van der Waals surface area contributed by atoms with Crippen LogP contribution in [-0.4, -0.2) is 48.5 Å². The fourth-order valence-corrected chi connectivity index (χ4v) is 3.16. The largest absolute Gasteiger partial charge is 0.495 e. The Labute approximate surface area is 152 Å². The van der Waals surface area contributed by atoms with Crippen LogP contribution in [0.15, 0.2) is 47.0 Å². The predicted octanol–water partition coefficient (Wildman–Crippen LogP) is 2.78. The zero-order chi connectivity index (χ0) is 17.9. The van der Waals surface area contributed by atoms with E-state index in [4.69, 9.17) is 9.15 Å². The standard InChI is InChI=1S/C19H21N5O2/c1-14-7-8-17(26-14)15-13-20-22-19(21-15)24-11-9-23(10-12-24)16-5-3-4-6-18(16)25-2/h3-8,13H,9-12H2,1-2H3. The molecule has 3 aromatic rings. The van der Waals surface area contributed by atoms with E-state index in [1.54, 1.807) is 13.3 Å². The van der Waals surface area contributed by atoms with Crippen molar-refractivity contribution in [2.24, 2.45) is 0 Å². The van der Waals surface area contributed by atoms with Crippen molar-refractivity contribution < 1.29 is 9.15 Å². The number of nitrogens with zero attached hydrogens (tertiary/aromatic N) is 5. The number of ether oxygens (including phenoxy) is 1. The lowest BCUT2D eigenvalue weighted by Crippen LogP contribution is -2.47. The first kappa shape index (κ1) is 16.4. The van der Waals surface area contributed by atoms with Crippen molar-refractivity contribution in [3.8, 4) is 17.2 Å². The lowest BCUT2D eigenvalue weighted by Gasteiger charge is -2.36. The molecule has 0 amide bonds. The highest BCUT2D eigenvalue weighted by Crippen LogP contribution is 2.29. The highest BCUT2D eigenvalue weighted by atomic mass is 16.5. The number of para-hydroxylation sites is 2. The summed E-state index contributed by atoms with van der Waals surface area (Å²) in [6, 6.07) is 11.9. The lowest BCUT2D eigenvalue weighted by atomic mass is 10.2. The van der Waals surface area contributed by atoms with Crippen LogP contribution in [0.1, 0.15) is 5.76 Å². The van der Waals surface area contributed by atoms with Crippen molar-refractivity contribution in [2.75, 3.05) is 43.1 Å². The Hall–Kier alpha value is -3.09. The third-order valence-electron chi connectivity index (χ3n) is 4.53. The van der Waals surface area contributed by atoms with Crippen LogP contribution >= 0.6 is 0 Å². The van der Waals surface area contributed by atoms with Gasteiger partial charge in [0.05, 0.1) is 19.0 Å². The molecule has 7 nitrogen and oxygen atoms in total. The van der Waals surface area contributed by atoms with Crippen LogP contribution in [0.5, 0.6) is 5.75 Å². The molecule has 0 bridgehead atoms. The van der Waals surface area contributed by atoms with E-state index in [9.17, 15) is 0 Å². The zero-order valence-electron chi connectivity index (χ0n) is 14.9. The van der Waals surface area contributed by atoms with Gasteiger partial charge in [0.15, 0.2) is 5.76 Å². The second-order valence-electron chi connectivity index (χ2n) is 6.20. The lowest BCUT2D eigenvalue weighted by molar-refractivity contribution is 0.413. The maximum Gasteiger partial charge on any atom is 0.246 e. The molecule has 4 rings (SSSR count). The van der Waals surface area contributed by atoms with Crippen molar-refractivity contribution in [1.82, 2.24) is 15.2 Å². The molecule has 1 saturated heterocycles. The minimum Gasteiger partial charge on any atom is -0.495 e. The molecule has 7 heteroatoms. The van der Waals surface area contributed by atoms with Gasteiger partial charge in [-0.05, 0) is 31.2 Å². The molecule has 0 N–H and O–H groups in total. The molecule has 0 radical (unpaired) electrons. The average molecular weight is 351 g/mol. The molecule has 0 atom stereocenters. The summed E-state index contributed by atoms with van der Waals surface area (Å²) in [7, 11) is 1.70. The Morgan fingerprint density at radius 1 is 1.00 bits per heavy atom. The first-order chi connectivity index (χ1) is 12.7. The van der Waals surface area contributed by atoms with Crippen molar-refractivity contribution in [3.05, 3.63) is 48.4 Å². The Bertz CT molecular complexity index is 887. The Balaban J connectivity index is 1.48. The fraction of sp³-hybridized carbons (Fsp3) is 0.316. The van der Waals surface area contributed by atoms with Crippen LogP contribution in [0.2, 0.25) is 0 Å². The van der Waals surface area contributed by atoms with Crippen LogP contribution in [-0.2, 0) is 0 Å². The zero-order valence-corrected chi connectivity index (χ0v) is 14.9. The summed E-state index contributed by atoms with van der Waals surface area (Å²) in [6.45, 7) is 5.29. The smallest absolute Gasteiger partial charge is 0.246 e. The molecular weight excluding hydrogens is 330 g/mol. The maximum atomic E-state index is 5.64. The molecule has 0 spiro atoms. The van der Waals surface area contributed by atoms with Gasteiger partial charge in [0.2, 0.25) is 5.95 Å². The predicted molar refractivity (Wildman–Crippen MR) is 99.7 cm³/mol. The van der Waals surface area contributed by atoms with Crippen molar-refractivity contribution in [3.63, 3.8) is 0 Å². The summed E-state index contributed by atoms with van der Waals surface area (Å²) >= 11 is 0. The van der Waals surface area contributed by atoms with E-state index in [1.165, 1.54) is 0 Å². The first-order valence-electron chi connectivity index (χ1n) is 8.64. The number of aryl methyl sites for hydroxylation is 1. The molecule has 1 fully saturated rings. The van der Waals surface area contributed by atoms with E-state index >= 15 is 0 Å². The molecule has 1 aromatic carbocycles. The topological polar surface area (TPSA) is 67.5 Å². The molecule has 3 heterocycles. The van der Waals surface area contributed by atoms with Gasteiger partial charge >= 0.3 is 0 Å². The Morgan fingerprint density at radius 2 is 1.77 bits per heavy atom. The van der Waals surface area contributed by atoms with Gasteiger partial charge in [0, 0.05) is 26.2 Å². The number of benzene rings is 1. The van der Waals surface area contributed by atoms with Gasteiger partial charge in [0.1, 0.15) is 17.2 Å². The van der Waals surface area contributed by atoms with Crippen molar-refractivity contribution in [2.45, 2.75) is 6.92 Å². The van der Waals surface area contributed by atoms with Crippen molar-refractivity contribution in [1.29, 1.82) is 0 Å². The Kier molecular flexibility index (Phi) is 4.43. The van der Waals surface area contributed by atoms with E-state index in [1.807, 2.05) is 37.3 Å². The van der Waals surface area contributed by atoms with Crippen LogP contribution < -0.4 is 14.5 Å². The average Bonchev–Trinajstić information content (AvgIpc) is 3.14. The summed E-state index contributed by atoms with van der Waals surface area (Å²) in [5.74, 6) is 3.10. The number of furan rings is 1. The molecule has 2 aromatic heterocycles. The van der Waals surface area contributed by atoms with E-state index in [0.717, 1.165) is 43.4 Å². The van der Waals surface area contributed by atoms with Crippen LogP contribution in [0.3, 0.4) is 0 Å². The van der Waals surface area contributed by atoms with Gasteiger partial charge < -0.3 is 19.0 Å². The van der Waals surface area contributed by atoms with Gasteiger partial charge in [-0.3, -0.25) is 0 Å². The molecule has 134 valence electrons. The summed E-state index contributed by atoms with van der Waals surface area (Å²) in [5.41, 5.74) is 1.82. The third-order valence-corrected chi connectivity index (χ3v) is 4.53.